The van der Waals surface area contributed by atoms with E-state index in [1.54, 1.807) is 0 Å². The molecule has 0 aliphatic rings. The zero-order chi connectivity index (χ0) is 14.0. The van der Waals surface area contributed by atoms with E-state index in [1.807, 2.05) is 0 Å². The Labute approximate surface area is 119 Å². The van der Waals surface area contributed by atoms with E-state index in [4.69, 9.17) is 18.0 Å². The molecule has 2 N–H and O–H groups in total. The minimum atomic E-state index is 0.518. The molecule has 0 fully saturated rings. The van der Waals surface area contributed by atoms with Gasteiger partial charge in [0.05, 0.1) is 4.99 Å². The second-order valence-corrected chi connectivity index (χ2v) is 5.27. The summed E-state index contributed by atoms with van der Waals surface area (Å²) in [5, 5.41) is 0. The minimum Gasteiger partial charge on any atom is -0.393 e. The second-order valence-electron chi connectivity index (χ2n) is 4.74. The Bertz CT molecular complexity index is 217. The van der Waals surface area contributed by atoms with Crippen molar-refractivity contribution in [3.05, 3.63) is 0 Å². The lowest BCUT2D eigenvalue weighted by Gasteiger charge is -2.30. The first kappa shape index (κ1) is 17.8. The summed E-state index contributed by atoms with van der Waals surface area (Å²) in [5.74, 6) is 0. The molecule has 0 aromatic heterocycles. The molecule has 3 nitrogen and oxygen atoms in total. The van der Waals surface area contributed by atoms with Crippen LogP contribution in [-0.2, 0) is 0 Å². The molecule has 0 aliphatic heterocycles. The minimum absolute atomic E-state index is 0.518. The average Bonchev–Trinajstić information content (AvgIpc) is 2.36. The standard InChI is InChI=1S/C14H31N3S/c1-5-13(12-14(15)18)17(8-4)11-9-10-16(6-2)7-3/h13H,5-12H2,1-4H3,(H2,15,18). The molecule has 18 heavy (non-hydrogen) atoms. The van der Waals surface area contributed by atoms with E-state index in [1.165, 1.54) is 13.0 Å². The van der Waals surface area contributed by atoms with Crippen molar-refractivity contribution in [2.75, 3.05) is 32.7 Å². The molecular weight excluding hydrogens is 242 g/mol. The summed E-state index contributed by atoms with van der Waals surface area (Å²) in [6, 6.07) is 0.518. The van der Waals surface area contributed by atoms with Gasteiger partial charge in [-0.25, -0.2) is 0 Å². The molecule has 0 bridgehead atoms. The summed E-state index contributed by atoms with van der Waals surface area (Å²) in [6.07, 6.45) is 3.20. The Hall–Kier alpha value is -0.190. The Kier molecular flexibility index (Phi) is 10.6. The van der Waals surface area contributed by atoms with Gasteiger partial charge in [-0.1, -0.05) is 39.9 Å². The predicted molar refractivity (Wildman–Crippen MR) is 85.1 cm³/mol. The van der Waals surface area contributed by atoms with Crippen molar-refractivity contribution in [3.63, 3.8) is 0 Å². The van der Waals surface area contributed by atoms with Crippen molar-refractivity contribution in [1.82, 2.24) is 9.80 Å². The first-order chi connectivity index (χ1) is 8.58. The highest BCUT2D eigenvalue weighted by Gasteiger charge is 2.15. The fraction of sp³-hybridized carbons (Fsp3) is 0.929. The maximum Gasteiger partial charge on any atom is 0.0743 e. The SMILES string of the molecule is CCC(CC(N)=S)N(CC)CCCN(CC)CC. The van der Waals surface area contributed by atoms with Crippen LogP contribution in [0.15, 0.2) is 0 Å². The van der Waals surface area contributed by atoms with Crippen molar-refractivity contribution in [2.45, 2.75) is 53.0 Å². The Morgan fingerprint density at radius 1 is 1.06 bits per heavy atom. The van der Waals surface area contributed by atoms with E-state index in [2.05, 4.69) is 37.5 Å². The maximum absolute atomic E-state index is 5.68. The second kappa shape index (κ2) is 10.7. The maximum atomic E-state index is 5.68. The number of thiocarbonyl (C=S) groups is 1. The summed E-state index contributed by atoms with van der Waals surface area (Å²) in [7, 11) is 0. The topological polar surface area (TPSA) is 32.5 Å². The van der Waals surface area contributed by atoms with Crippen molar-refractivity contribution in [2.24, 2.45) is 5.73 Å². The Morgan fingerprint density at radius 3 is 2.06 bits per heavy atom. The average molecular weight is 273 g/mol. The molecule has 0 radical (unpaired) electrons. The van der Waals surface area contributed by atoms with Gasteiger partial charge < -0.3 is 15.5 Å². The van der Waals surface area contributed by atoms with E-state index in [0.717, 1.165) is 39.0 Å². The molecule has 0 rings (SSSR count). The Morgan fingerprint density at radius 2 is 1.67 bits per heavy atom. The molecule has 108 valence electrons. The third-order valence-corrected chi connectivity index (χ3v) is 3.81. The highest BCUT2D eigenvalue weighted by atomic mass is 32.1. The van der Waals surface area contributed by atoms with Crippen LogP contribution in [0.1, 0.15) is 47.0 Å². The van der Waals surface area contributed by atoms with Crippen LogP contribution < -0.4 is 5.73 Å². The van der Waals surface area contributed by atoms with Gasteiger partial charge in [0, 0.05) is 12.5 Å². The number of hydrogen-bond donors (Lipinski definition) is 1. The first-order valence-corrected chi connectivity index (χ1v) is 7.74. The molecule has 0 heterocycles. The summed E-state index contributed by atoms with van der Waals surface area (Å²) < 4.78 is 0. The lowest BCUT2D eigenvalue weighted by molar-refractivity contribution is 0.188. The molecule has 0 amide bonds. The zero-order valence-electron chi connectivity index (χ0n) is 12.6. The molecule has 0 aliphatic carbocycles. The molecule has 0 aromatic carbocycles. The van der Waals surface area contributed by atoms with Crippen LogP contribution in [0.4, 0.5) is 0 Å². The van der Waals surface area contributed by atoms with Crippen molar-refractivity contribution in [3.8, 4) is 0 Å². The van der Waals surface area contributed by atoms with Crippen LogP contribution in [0.2, 0.25) is 0 Å². The highest BCUT2D eigenvalue weighted by molar-refractivity contribution is 7.80. The van der Waals surface area contributed by atoms with E-state index < -0.39 is 0 Å². The lowest BCUT2D eigenvalue weighted by atomic mass is 10.1. The summed E-state index contributed by atoms with van der Waals surface area (Å²) in [6.45, 7) is 14.6. The zero-order valence-corrected chi connectivity index (χ0v) is 13.4. The Balaban J connectivity index is 4.11. The van der Waals surface area contributed by atoms with Crippen molar-refractivity contribution >= 4 is 17.2 Å². The normalized spacial score (nSPS) is 13.2. The smallest absolute Gasteiger partial charge is 0.0743 e. The van der Waals surface area contributed by atoms with E-state index >= 15 is 0 Å². The van der Waals surface area contributed by atoms with Gasteiger partial charge in [0.2, 0.25) is 0 Å². The lowest BCUT2D eigenvalue weighted by Crippen LogP contribution is -2.39. The quantitative estimate of drug-likeness (QED) is 0.586. The van der Waals surface area contributed by atoms with Crippen molar-refractivity contribution in [1.29, 1.82) is 0 Å². The van der Waals surface area contributed by atoms with Crippen LogP contribution in [0.25, 0.3) is 0 Å². The number of nitrogens with two attached hydrogens (primary N) is 1. The van der Waals surface area contributed by atoms with E-state index in [0.29, 0.717) is 11.0 Å². The van der Waals surface area contributed by atoms with Crippen LogP contribution in [0, 0.1) is 0 Å². The van der Waals surface area contributed by atoms with E-state index in [9.17, 15) is 0 Å². The number of nitrogens with zero attached hydrogens (tertiary/aromatic N) is 2. The molecule has 0 saturated carbocycles. The van der Waals surface area contributed by atoms with Gasteiger partial charge in [0.25, 0.3) is 0 Å². The monoisotopic (exact) mass is 273 g/mol. The van der Waals surface area contributed by atoms with Gasteiger partial charge in [-0.15, -0.1) is 0 Å². The van der Waals surface area contributed by atoms with Crippen LogP contribution in [-0.4, -0.2) is 53.6 Å². The van der Waals surface area contributed by atoms with E-state index in [-0.39, 0.29) is 0 Å². The summed E-state index contributed by atoms with van der Waals surface area (Å²) >= 11 is 5.04. The third-order valence-electron chi connectivity index (χ3n) is 3.64. The van der Waals surface area contributed by atoms with Gasteiger partial charge in [-0.3, -0.25) is 0 Å². The van der Waals surface area contributed by atoms with Crippen molar-refractivity contribution < 1.29 is 0 Å². The van der Waals surface area contributed by atoms with Gasteiger partial charge >= 0.3 is 0 Å². The van der Waals surface area contributed by atoms with Gasteiger partial charge in [-0.05, 0) is 45.6 Å². The fourth-order valence-electron chi connectivity index (χ4n) is 2.40. The fourth-order valence-corrected chi connectivity index (χ4v) is 2.59. The third kappa shape index (κ3) is 7.29. The highest BCUT2D eigenvalue weighted by Crippen LogP contribution is 2.09. The first-order valence-electron chi connectivity index (χ1n) is 7.33. The molecule has 0 saturated heterocycles. The predicted octanol–water partition coefficient (Wildman–Crippen LogP) is 2.50. The van der Waals surface area contributed by atoms with Gasteiger partial charge in [0.1, 0.15) is 0 Å². The molecule has 1 atom stereocenters. The summed E-state index contributed by atoms with van der Waals surface area (Å²) in [5.41, 5.74) is 5.68. The molecular formula is C14H31N3S. The molecule has 4 heteroatoms. The molecule has 0 aromatic rings. The van der Waals surface area contributed by atoms with Crippen LogP contribution in [0.5, 0.6) is 0 Å². The largest absolute Gasteiger partial charge is 0.393 e. The van der Waals surface area contributed by atoms with Gasteiger partial charge in [-0.2, -0.15) is 0 Å². The number of rotatable bonds is 11. The molecule has 0 spiro atoms. The van der Waals surface area contributed by atoms with Gasteiger partial charge in [0.15, 0.2) is 0 Å². The summed E-state index contributed by atoms with van der Waals surface area (Å²) in [4.78, 5) is 5.63. The van der Waals surface area contributed by atoms with Crippen LogP contribution in [0.3, 0.4) is 0 Å². The van der Waals surface area contributed by atoms with Crippen LogP contribution >= 0.6 is 12.2 Å². The molecule has 1 unspecified atom stereocenters. The number of hydrogen-bond acceptors (Lipinski definition) is 3.